The van der Waals surface area contributed by atoms with Crippen LogP contribution >= 0.6 is 11.8 Å². The molecule has 0 aromatic carbocycles. The molecule has 4 nitrogen and oxygen atoms in total. The molecule has 24 heavy (non-hydrogen) atoms. The molecule has 1 aliphatic carbocycles. The van der Waals surface area contributed by atoms with Gasteiger partial charge in [-0.1, -0.05) is 19.8 Å². The minimum atomic E-state index is 0.611. The fourth-order valence-electron chi connectivity index (χ4n) is 3.87. The summed E-state index contributed by atoms with van der Waals surface area (Å²) in [7, 11) is 1.89. The van der Waals surface area contributed by atoms with Crippen LogP contribution in [0.15, 0.2) is 4.99 Å². The standard InChI is InChI=1S/C19H38N4S/c1-3-24-18-11-10-17(16-18)22-19(20-2)21-12-6-4-7-13-23-14-8-5-9-15-23/h17-18H,3-16H2,1-2H3,(H2,20,21,22). The number of piperidine rings is 1. The van der Waals surface area contributed by atoms with E-state index in [1.807, 2.05) is 7.05 Å². The number of nitrogens with zero attached hydrogens (tertiary/aromatic N) is 2. The fraction of sp³-hybridized carbons (Fsp3) is 0.947. The average molecular weight is 355 g/mol. The zero-order chi connectivity index (χ0) is 17.0. The van der Waals surface area contributed by atoms with Crippen LogP contribution < -0.4 is 10.6 Å². The van der Waals surface area contributed by atoms with Crippen LogP contribution in [-0.2, 0) is 0 Å². The molecule has 1 saturated heterocycles. The van der Waals surface area contributed by atoms with E-state index in [-0.39, 0.29) is 0 Å². The lowest BCUT2D eigenvalue weighted by molar-refractivity contribution is 0.224. The number of thioether (sulfide) groups is 1. The van der Waals surface area contributed by atoms with Crippen LogP contribution in [0.3, 0.4) is 0 Å². The predicted molar refractivity (Wildman–Crippen MR) is 108 cm³/mol. The van der Waals surface area contributed by atoms with Gasteiger partial charge in [0.15, 0.2) is 5.96 Å². The number of aliphatic imine (C=N–C) groups is 1. The molecule has 0 bridgehead atoms. The summed E-state index contributed by atoms with van der Waals surface area (Å²) < 4.78 is 0. The van der Waals surface area contributed by atoms with Gasteiger partial charge < -0.3 is 15.5 Å². The Balaban J connectivity index is 1.49. The first-order chi connectivity index (χ1) is 11.8. The molecule has 0 aromatic rings. The van der Waals surface area contributed by atoms with E-state index >= 15 is 0 Å². The second-order valence-electron chi connectivity index (χ2n) is 7.19. The summed E-state index contributed by atoms with van der Waals surface area (Å²) in [5.41, 5.74) is 0. The van der Waals surface area contributed by atoms with Crippen molar-refractivity contribution >= 4 is 17.7 Å². The van der Waals surface area contributed by atoms with Gasteiger partial charge in [-0.15, -0.1) is 0 Å². The number of guanidine groups is 1. The Hall–Kier alpha value is -0.420. The van der Waals surface area contributed by atoms with Gasteiger partial charge in [0.25, 0.3) is 0 Å². The topological polar surface area (TPSA) is 39.7 Å². The smallest absolute Gasteiger partial charge is 0.191 e. The number of nitrogens with one attached hydrogen (secondary N) is 2. The largest absolute Gasteiger partial charge is 0.356 e. The highest BCUT2D eigenvalue weighted by Gasteiger charge is 2.24. The first kappa shape index (κ1) is 19.9. The van der Waals surface area contributed by atoms with Crippen LogP contribution in [0, 0.1) is 0 Å². The van der Waals surface area contributed by atoms with Crippen molar-refractivity contribution in [3.63, 3.8) is 0 Å². The Morgan fingerprint density at radius 2 is 1.96 bits per heavy atom. The van der Waals surface area contributed by atoms with Crippen LogP contribution in [0.2, 0.25) is 0 Å². The highest BCUT2D eigenvalue weighted by Crippen LogP contribution is 2.29. The third-order valence-corrected chi connectivity index (χ3v) is 6.48. The van der Waals surface area contributed by atoms with E-state index in [9.17, 15) is 0 Å². The van der Waals surface area contributed by atoms with E-state index in [1.165, 1.54) is 83.2 Å². The third-order valence-electron chi connectivity index (χ3n) is 5.24. The number of hydrogen-bond acceptors (Lipinski definition) is 3. The summed E-state index contributed by atoms with van der Waals surface area (Å²) in [6, 6.07) is 0.611. The van der Waals surface area contributed by atoms with Crippen LogP contribution in [0.1, 0.15) is 64.7 Å². The van der Waals surface area contributed by atoms with Gasteiger partial charge in [0.2, 0.25) is 0 Å². The van der Waals surface area contributed by atoms with E-state index < -0.39 is 0 Å². The lowest BCUT2D eigenvalue weighted by Crippen LogP contribution is -2.42. The molecule has 2 N–H and O–H groups in total. The maximum Gasteiger partial charge on any atom is 0.191 e. The molecule has 2 aliphatic rings. The van der Waals surface area contributed by atoms with Gasteiger partial charge >= 0.3 is 0 Å². The number of rotatable bonds is 9. The zero-order valence-electron chi connectivity index (χ0n) is 15.9. The molecule has 0 amide bonds. The monoisotopic (exact) mass is 354 g/mol. The van der Waals surface area contributed by atoms with Crippen molar-refractivity contribution < 1.29 is 0 Å². The van der Waals surface area contributed by atoms with Crippen molar-refractivity contribution in [3.8, 4) is 0 Å². The van der Waals surface area contributed by atoms with E-state index in [4.69, 9.17) is 0 Å². The Morgan fingerprint density at radius 3 is 2.71 bits per heavy atom. The molecule has 0 spiro atoms. The Morgan fingerprint density at radius 1 is 1.12 bits per heavy atom. The van der Waals surface area contributed by atoms with Gasteiger partial charge in [0, 0.05) is 24.9 Å². The van der Waals surface area contributed by atoms with Gasteiger partial charge in [0.1, 0.15) is 0 Å². The van der Waals surface area contributed by atoms with Crippen LogP contribution in [0.25, 0.3) is 0 Å². The number of hydrogen-bond donors (Lipinski definition) is 2. The summed E-state index contributed by atoms with van der Waals surface area (Å²) >= 11 is 2.11. The Kier molecular flexibility index (Phi) is 9.96. The second kappa shape index (κ2) is 12.0. The maximum atomic E-state index is 4.39. The number of unbranched alkanes of at least 4 members (excludes halogenated alkanes) is 2. The quantitative estimate of drug-likeness (QED) is 0.378. The van der Waals surface area contributed by atoms with Crippen molar-refractivity contribution in [2.45, 2.75) is 76.0 Å². The molecule has 2 rings (SSSR count). The maximum absolute atomic E-state index is 4.39. The molecule has 1 saturated carbocycles. The van der Waals surface area contributed by atoms with Crippen molar-refractivity contribution in [3.05, 3.63) is 0 Å². The second-order valence-corrected chi connectivity index (χ2v) is 8.77. The minimum absolute atomic E-state index is 0.611. The molecular weight excluding hydrogens is 316 g/mol. The summed E-state index contributed by atoms with van der Waals surface area (Å²) in [6.45, 7) is 7.25. The first-order valence-electron chi connectivity index (χ1n) is 10.1. The fourth-order valence-corrected chi connectivity index (χ4v) is 5.02. The Labute approximate surface area is 153 Å². The normalized spacial score (nSPS) is 25.8. The summed E-state index contributed by atoms with van der Waals surface area (Å²) in [5.74, 6) is 2.24. The third kappa shape index (κ3) is 7.64. The molecule has 140 valence electrons. The van der Waals surface area contributed by atoms with Crippen molar-refractivity contribution in [1.29, 1.82) is 0 Å². The molecule has 0 radical (unpaired) electrons. The first-order valence-corrected chi connectivity index (χ1v) is 11.2. The average Bonchev–Trinajstić information content (AvgIpc) is 3.05. The molecule has 5 heteroatoms. The van der Waals surface area contributed by atoms with E-state index in [1.54, 1.807) is 0 Å². The van der Waals surface area contributed by atoms with E-state index in [2.05, 4.69) is 39.2 Å². The lowest BCUT2D eigenvalue weighted by atomic mass is 10.1. The molecule has 2 atom stereocenters. The minimum Gasteiger partial charge on any atom is -0.356 e. The molecule has 2 unspecified atom stereocenters. The highest BCUT2D eigenvalue weighted by molar-refractivity contribution is 7.99. The van der Waals surface area contributed by atoms with Crippen LogP contribution in [0.4, 0.5) is 0 Å². The summed E-state index contributed by atoms with van der Waals surface area (Å²) in [5, 5.41) is 7.96. The summed E-state index contributed by atoms with van der Waals surface area (Å²) in [6.07, 6.45) is 12.1. The van der Waals surface area contributed by atoms with Gasteiger partial charge in [-0.05, 0) is 70.3 Å². The van der Waals surface area contributed by atoms with E-state index in [0.717, 1.165) is 17.8 Å². The van der Waals surface area contributed by atoms with Crippen molar-refractivity contribution in [2.75, 3.05) is 39.0 Å². The van der Waals surface area contributed by atoms with Gasteiger partial charge in [-0.2, -0.15) is 11.8 Å². The molecule has 1 aliphatic heterocycles. The lowest BCUT2D eigenvalue weighted by Gasteiger charge is -2.26. The van der Waals surface area contributed by atoms with E-state index in [0.29, 0.717) is 6.04 Å². The zero-order valence-corrected chi connectivity index (χ0v) is 16.7. The number of likely N-dealkylation sites (tertiary alicyclic amines) is 1. The van der Waals surface area contributed by atoms with Gasteiger partial charge in [-0.3, -0.25) is 4.99 Å². The predicted octanol–water partition coefficient (Wildman–Crippen LogP) is 3.48. The molecule has 0 aromatic heterocycles. The van der Waals surface area contributed by atoms with Gasteiger partial charge in [-0.25, -0.2) is 0 Å². The SMILES string of the molecule is CCSC1CCC(NC(=NC)NCCCCCN2CCCCC2)C1. The summed E-state index contributed by atoms with van der Waals surface area (Å²) in [4.78, 5) is 7.03. The van der Waals surface area contributed by atoms with Gasteiger partial charge in [0.05, 0.1) is 0 Å². The van der Waals surface area contributed by atoms with Crippen LogP contribution in [-0.4, -0.2) is 61.1 Å². The molecule has 1 heterocycles. The molecular formula is C19H38N4S. The Bertz CT molecular complexity index is 355. The van der Waals surface area contributed by atoms with Crippen LogP contribution in [0.5, 0.6) is 0 Å². The van der Waals surface area contributed by atoms with Crippen molar-refractivity contribution in [1.82, 2.24) is 15.5 Å². The molecule has 2 fully saturated rings. The van der Waals surface area contributed by atoms with Crippen molar-refractivity contribution in [2.24, 2.45) is 4.99 Å². The highest BCUT2D eigenvalue weighted by atomic mass is 32.2.